The molecule has 0 radical (unpaired) electrons. The molecule has 2 aromatic rings. The van der Waals surface area contributed by atoms with Crippen molar-refractivity contribution in [2.45, 2.75) is 33.6 Å². The van der Waals surface area contributed by atoms with Gasteiger partial charge in [0.15, 0.2) is 0 Å². The number of benzene rings is 2. The van der Waals surface area contributed by atoms with Gasteiger partial charge in [-0.1, -0.05) is 37.3 Å². The lowest BCUT2D eigenvalue weighted by Gasteiger charge is -2.13. The minimum atomic E-state index is 0.00756. The van der Waals surface area contributed by atoms with Gasteiger partial charge in [0.2, 0.25) is 5.91 Å². The molecule has 1 amide bonds. The van der Waals surface area contributed by atoms with E-state index in [1.807, 2.05) is 50.2 Å². The fourth-order valence-electron chi connectivity index (χ4n) is 2.44. The lowest BCUT2D eigenvalue weighted by molar-refractivity contribution is -0.115. The molecule has 0 bridgehead atoms. The van der Waals surface area contributed by atoms with Crippen LogP contribution in [-0.4, -0.2) is 12.5 Å². The highest BCUT2D eigenvalue weighted by molar-refractivity contribution is 5.93. The van der Waals surface area contributed by atoms with Gasteiger partial charge in [-0.3, -0.25) is 4.79 Å². The summed E-state index contributed by atoms with van der Waals surface area (Å²) in [6.45, 7) is 6.71. The average molecular weight is 297 g/mol. The first kappa shape index (κ1) is 16.1. The van der Waals surface area contributed by atoms with Crippen LogP contribution in [0, 0.1) is 6.92 Å². The summed E-state index contributed by atoms with van der Waals surface area (Å²) in [5, 5.41) is 3.05. The second-order valence-corrected chi connectivity index (χ2v) is 5.26. The highest BCUT2D eigenvalue weighted by Crippen LogP contribution is 2.21. The topological polar surface area (TPSA) is 38.3 Å². The van der Waals surface area contributed by atoms with E-state index in [2.05, 4.69) is 18.3 Å². The molecule has 22 heavy (non-hydrogen) atoms. The van der Waals surface area contributed by atoms with Gasteiger partial charge in [-0.2, -0.15) is 0 Å². The summed E-state index contributed by atoms with van der Waals surface area (Å²) in [4.78, 5) is 12.3. The number of nitrogens with one attached hydrogen (secondary N) is 1. The summed E-state index contributed by atoms with van der Waals surface area (Å²) in [5.74, 6) is 0.840. The number of anilines is 1. The van der Waals surface area contributed by atoms with E-state index in [1.54, 1.807) is 0 Å². The number of ether oxygens (including phenoxy) is 1. The van der Waals surface area contributed by atoms with Gasteiger partial charge in [0.05, 0.1) is 13.0 Å². The fraction of sp³-hybridized carbons (Fsp3) is 0.316. The Labute approximate surface area is 132 Å². The molecule has 3 nitrogen and oxygen atoms in total. The first-order chi connectivity index (χ1) is 10.6. The second-order valence-electron chi connectivity index (χ2n) is 5.26. The summed E-state index contributed by atoms with van der Waals surface area (Å²) < 4.78 is 5.41. The van der Waals surface area contributed by atoms with Crippen LogP contribution in [0.15, 0.2) is 42.5 Å². The lowest BCUT2D eigenvalue weighted by atomic mass is 10.1. The van der Waals surface area contributed by atoms with Crippen LogP contribution in [0.2, 0.25) is 0 Å². The molecule has 2 aromatic carbocycles. The lowest BCUT2D eigenvalue weighted by Crippen LogP contribution is -2.16. The van der Waals surface area contributed by atoms with Crippen LogP contribution < -0.4 is 10.1 Å². The first-order valence-corrected chi connectivity index (χ1v) is 7.74. The largest absolute Gasteiger partial charge is 0.494 e. The van der Waals surface area contributed by atoms with Gasteiger partial charge in [0.25, 0.3) is 0 Å². The standard InChI is InChI=1S/C19H23NO2/c1-4-16-8-6-7-14(3)19(16)20-18(21)13-15-9-11-17(12-10-15)22-5-2/h6-12H,4-5,13H2,1-3H3,(H,20,21). The van der Waals surface area contributed by atoms with E-state index < -0.39 is 0 Å². The molecule has 0 aromatic heterocycles. The maximum atomic E-state index is 12.3. The van der Waals surface area contributed by atoms with E-state index in [0.29, 0.717) is 13.0 Å². The van der Waals surface area contributed by atoms with Crippen molar-refractivity contribution in [1.82, 2.24) is 0 Å². The molecule has 0 spiro atoms. The number of amides is 1. The number of carbonyl (C=O) groups is 1. The zero-order valence-electron chi connectivity index (χ0n) is 13.5. The smallest absolute Gasteiger partial charge is 0.228 e. The maximum Gasteiger partial charge on any atom is 0.228 e. The molecule has 0 unspecified atom stereocenters. The Kier molecular flexibility index (Phi) is 5.59. The molecule has 1 N–H and O–H groups in total. The monoisotopic (exact) mass is 297 g/mol. The van der Waals surface area contributed by atoms with Crippen LogP contribution in [0.3, 0.4) is 0 Å². The van der Waals surface area contributed by atoms with Gasteiger partial charge in [0, 0.05) is 5.69 Å². The molecule has 2 rings (SSSR count). The van der Waals surface area contributed by atoms with Crippen LogP contribution in [0.5, 0.6) is 5.75 Å². The molecular formula is C19H23NO2. The molecule has 0 atom stereocenters. The van der Waals surface area contributed by atoms with E-state index in [4.69, 9.17) is 4.74 Å². The predicted molar refractivity (Wildman–Crippen MR) is 90.5 cm³/mol. The van der Waals surface area contributed by atoms with Crippen LogP contribution in [0.25, 0.3) is 0 Å². The molecule has 116 valence electrons. The molecular weight excluding hydrogens is 274 g/mol. The molecule has 0 aliphatic heterocycles. The quantitative estimate of drug-likeness (QED) is 0.870. The molecule has 0 fully saturated rings. The minimum absolute atomic E-state index is 0.00756. The highest BCUT2D eigenvalue weighted by Gasteiger charge is 2.09. The zero-order valence-corrected chi connectivity index (χ0v) is 13.5. The number of carbonyl (C=O) groups excluding carboxylic acids is 1. The number of hydrogen-bond acceptors (Lipinski definition) is 2. The van der Waals surface area contributed by atoms with Crippen molar-refractivity contribution in [3.63, 3.8) is 0 Å². The number of rotatable bonds is 6. The van der Waals surface area contributed by atoms with Crippen molar-refractivity contribution < 1.29 is 9.53 Å². The summed E-state index contributed by atoms with van der Waals surface area (Å²) in [6, 6.07) is 13.8. The van der Waals surface area contributed by atoms with Crippen molar-refractivity contribution in [2.75, 3.05) is 11.9 Å². The first-order valence-electron chi connectivity index (χ1n) is 7.74. The molecule has 0 aliphatic rings. The van der Waals surface area contributed by atoms with Gasteiger partial charge >= 0.3 is 0 Å². The van der Waals surface area contributed by atoms with Crippen molar-refractivity contribution >= 4 is 11.6 Å². The Balaban J connectivity index is 2.04. The Hall–Kier alpha value is -2.29. The van der Waals surface area contributed by atoms with Crippen LogP contribution >= 0.6 is 0 Å². The second kappa shape index (κ2) is 7.64. The number of para-hydroxylation sites is 1. The summed E-state index contributed by atoms with van der Waals surface area (Å²) in [5.41, 5.74) is 4.19. The summed E-state index contributed by atoms with van der Waals surface area (Å²) in [6.07, 6.45) is 1.27. The van der Waals surface area contributed by atoms with Gasteiger partial charge in [-0.25, -0.2) is 0 Å². The Morgan fingerprint density at radius 1 is 1.09 bits per heavy atom. The van der Waals surface area contributed by atoms with Crippen molar-refractivity contribution in [3.05, 3.63) is 59.2 Å². The SMILES string of the molecule is CCOc1ccc(CC(=O)Nc2c(C)cccc2CC)cc1. The third-order valence-corrected chi connectivity index (χ3v) is 3.60. The average Bonchev–Trinajstić information content (AvgIpc) is 2.51. The van der Waals surface area contributed by atoms with Crippen molar-refractivity contribution in [2.24, 2.45) is 0 Å². The van der Waals surface area contributed by atoms with Gasteiger partial charge in [-0.15, -0.1) is 0 Å². The Bertz CT molecular complexity index is 632. The van der Waals surface area contributed by atoms with Gasteiger partial charge in [-0.05, 0) is 49.1 Å². The van der Waals surface area contributed by atoms with Gasteiger partial charge in [0.1, 0.15) is 5.75 Å². The predicted octanol–water partition coefficient (Wildman–Crippen LogP) is 4.14. The Morgan fingerprint density at radius 2 is 1.82 bits per heavy atom. The van der Waals surface area contributed by atoms with E-state index >= 15 is 0 Å². The Morgan fingerprint density at radius 3 is 2.45 bits per heavy atom. The van der Waals surface area contributed by atoms with E-state index in [9.17, 15) is 4.79 Å². The maximum absolute atomic E-state index is 12.3. The van der Waals surface area contributed by atoms with Crippen molar-refractivity contribution in [3.8, 4) is 5.75 Å². The van der Waals surface area contributed by atoms with E-state index in [0.717, 1.165) is 29.0 Å². The normalized spacial score (nSPS) is 10.3. The van der Waals surface area contributed by atoms with E-state index in [-0.39, 0.29) is 5.91 Å². The van der Waals surface area contributed by atoms with Crippen LogP contribution in [0.1, 0.15) is 30.5 Å². The third-order valence-electron chi connectivity index (χ3n) is 3.60. The van der Waals surface area contributed by atoms with Crippen LogP contribution in [0.4, 0.5) is 5.69 Å². The number of aryl methyl sites for hydroxylation is 2. The fourth-order valence-corrected chi connectivity index (χ4v) is 2.44. The highest BCUT2D eigenvalue weighted by atomic mass is 16.5. The molecule has 3 heteroatoms. The number of hydrogen-bond donors (Lipinski definition) is 1. The summed E-state index contributed by atoms with van der Waals surface area (Å²) in [7, 11) is 0. The molecule has 0 saturated heterocycles. The summed E-state index contributed by atoms with van der Waals surface area (Å²) >= 11 is 0. The van der Waals surface area contributed by atoms with Gasteiger partial charge < -0.3 is 10.1 Å². The molecule has 0 aliphatic carbocycles. The van der Waals surface area contributed by atoms with E-state index in [1.165, 1.54) is 5.56 Å². The zero-order chi connectivity index (χ0) is 15.9. The van der Waals surface area contributed by atoms with Crippen molar-refractivity contribution in [1.29, 1.82) is 0 Å². The third kappa shape index (κ3) is 4.10. The molecule has 0 heterocycles. The minimum Gasteiger partial charge on any atom is -0.494 e. The van der Waals surface area contributed by atoms with Crippen LogP contribution in [-0.2, 0) is 17.6 Å². The molecule has 0 saturated carbocycles.